The quantitative estimate of drug-likeness (QED) is 0.290. The Morgan fingerprint density at radius 2 is 1.67 bits per heavy atom. The first-order chi connectivity index (χ1) is 17.2. The second kappa shape index (κ2) is 12.1. The van der Waals surface area contributed by atoms with Crippen molar-refractivity contribution in [2.24, 2.45) is 5.73 Å². The fourth-order valence-corrected chi connectivity index (χ4v) is 3.14. The topological polar surface area (TPSA) is 108 Å². The summed E-state index contributed by atoms with van der Waals surface area (Å²) in [5.41, 5.74) is 5.18. The van der Waals surface area contributed by atoms with E-state index in [-0.39, 0.29) is 23.1 Å². The van der Waals surface area contributed by atoms with Gasteiger partial charge >= 0.3 is 6.18 Å². The molecule has 0 saturated heterocycles. The van der Waals surface area contributed by atoms with Crippen molar-refractivity contribution in [1.29, 1.82) is 0 Å². The van der Waals surface area contributed by atoms with Gasteiger partial charge in [0.1, 0.15) is 30.1 Å². The molecule has 0 atom stereocenters. The lowest BCUT2D eigenvalue weighted by atomic mass is 10.2. The molecule has 0 aliphatic carbocycles. The van der Waals surface area contributed by atoms with Gasteiger partial charge in [0.05, 0.1) is 5.56 Å². The van der Waals surface area contributed by atoms with E-state index in [0.29, 0.717) is 30.9 Å². The Labute approximate surface area is 205 Å². The zero-order chi connectivity index (χ0) is 26.1. The van der Waals surface area contributed by atoms with Crippen LogP contribution in [0.1, 0.15) is 28.9 Å². The van der Waals surface area contributed by atoms with Crippen LogP contribution in [0.15, 0.2) is 54.6 Å². The van der Waals surface area contributed by atoms with Crippen LogP contribution in [0.4, 0.5) is 13.2 Å². The number of hydrogen-bond donors (Lipinski definition) is 1. The molecule has 0 radical (unpaired) electrons. The SMILES string of the molecule is CN(CCCC=O)CCOc1cc(C(N)=O)nc(-c2ccc(Oc3ccc(C(F)(F)F)cc3)cc2)n1. The summed E-state index contributed by atoms with van der Waals surface area (Å²) < 4.78 is 49.5. The highest BCUT2D eigenvalue weighted by atomic mass is 19.4. The molecule has 36 heavy (non-hydrogen) atoms. The Bertz CT molecular complexity index is 1170. The van der Waals surface area contributed by atoms with Crippen molar-refractivity contribution in [3.8, 4) is 28.8 Å². The Morgan fingerprint density at radius 1 is 1.03 bits per heavy atom. The minimum atomic E-state index is -4.42. The summed E-state index contributed by atoms with van der Waals surface area (Å²) in [6, 6.07) is 12.2. The Kier molecular flexibility index (Phi) is 8.96. The van der Waals surface area contributed by atoms with Crippen LogP contribution in [-0.2, 0) is 11.0 Å². The summed E-state index contributed by atoms with van der Waals surface area (Å²) in [5.74, 6) is 0.284. The molecule has 0 aliphatic rings. The van der Waals surface area contributed by atoms with E-state index >= 15 is 0 Å². The number of alkyl halides is 3. The number of ether oxygens (including phenoxy) is 2. The average Bonchev–Trinajstić information content (AvgIpc) is 2.84. The van der Waals surface area contributed by atoms with Crippen LogP contribution in [0.25, 0.3) is 11.4 Å². The largest absolute Gasteiger partial charge is 0.476 e. The number of unbranched alkanes of at least 4 members (excludes halogenated alkanes) is 1. The zero-order valence-corrected chi connectivity index (χ0v) is 19.5. The number of benzene rings is 2. The first kappa shape index (κ1) is 26.6. The predicted molar refractivity (Wildman–Crippen MR) is 126 cm³/mol. The second-order valence-electron chi connectivity index (χ2n) is 7.89. The summed E-state index contributed by atoms with van der Waals surface area (Å²) in [4.78, 5) is 32.7. The second-order valence-corrected chi connectivity index (χ2v) is 7.89. The molecule has 2 aromatic carbocycles. The highest BCUT2D eigenvalue weighted by Gasteiger charge is 2.30. The fourth-order valence-electron chi connectivity index (χ4n) is 3.14. The van der Waals surface area contributed by atoms with Crippen molar-refractivity contribution in [2.45, 2.75) is 19.0 Å². The van der Waals surface area contributed by atoms with Gasteiger partial charge in [-0.2, -0.15) is 18.2 Å². The van der Waals surface area contributed by atoms with Crippen molar-refractivity contribution in [3.05, 3.63) is 65.9 Å². The van der Waals surface area contributed by atoms with Crippen molar-refractivity contribution >= 4 is 12.2 Å². The number of nitrogens with zero attached hydrogens (tertiary/aromatic N) is 3. The number of aromatic nitrogens is 2. The number of primary amides is 1. The normalized spacial score (nSPS) is 11.4. The summed E-state index contributed by atoms with van der Waals surface area (Å²) in [5, 5.41) is 0. The lowest BCUT2D eigenvalue weighted by Crippen LogP contribution is -2.25. The summed E-state index contributed by atoms with van der Waals surface area (Å²) in [7, 11) is 1.91. The summed E-state index contributed by atoms with van der Waals surface area (Å²) in [6.45, 7) is 1.62. The molecule has 3 rings (SSSR count). The molecule has 0 unspecified atom stereocenters. The van der Waals surface area contributed by atoms with Crippen LogP contribution in [-0.4, -0.2) is 53.8 Å². The van der Waals surface area contributed by atoms with Crippen LogP contribution in [0.3, 0.4) is 0 Å². The van der Waals surface area contributed by atoms with Gasteiger partial charge in [-0.15, -0.1) is 0 Å². The van der Waals surface area contributed by atoms with Gasteiger partial charge in [-0.05, 0) is 68.5 Å². The minimum absolute atomic E-state index is 0.0144. The third kappa shape index (κ3) is 7.77. The maximum Gasteiger partial charge on any atom is 0.416 e. The Balaban J connectivity index is 1.68. The minimum Gasteiger partial charge on any atom is -0.476 e. The molecule has 0 bridgehead atoms. The first-order valence-electron chi connectivity index (χ1n) is 11.0. The number of hydrogen-bond acceptors (Lipinski definition) is 7. The van der Waals surface area contributed by atoms with E-state index < -0.39 is 17.6 Å². The molecule has 0 spiro atoms. The van der Waals surface area contributed by atoms with E-state index in [4.69, 9.17) is 15.2 Å². The highest BCUT2D eigenvalue weighted by Crippen LogP contribution is 2.32. The molecule has 1 heterocycles. The molecule has 1 aromatic heterocycles. The number of carbonyl (C=O) groups excluding carboxylic acids is 2. The maximum atomic E-state index is 12.7. The molecular formula is C25H25F3N4O4. The molecule has 1 amide bonds. The predicted octanol–water partition coefficient (Wildman–Crippen LogP) is 4.34. The van der Waals surface area contributed by atoms with Gasteiger partial charge in [-0.25, -0.2) is 4.98 Å². The lowest BCUT2D eigenvalue weighted by Gasteiger charge is -2.16. The Hall–Kier alpha value is -3.99. The third-order valence-corrected chi connectivity index (χ3v) is 5.07. The molecule has 0 fully saturated rings. The van der Waals surface area contributed by atoms with Gasteiger partial charge in [0, 0.05) is 24.6 Å². The first-order valence-corrected chi connectivity index (χ1v) is 11.0. The van der Waals surface area contributed by atoms with Crippen LogP contribution < -0.4 is 15.2 Å². The monoisotopic (exact) mass is 502 g/mol. The zero-order valence-electron chi connectivity index (χ0n) is 19.5. The number of nitrogens with two attached hydrogens (primary N) is 1. The van der Waals surface area contributed by atoms with Gasteiger partial charge in [0.15, 0.2) is 5.82 Å². The van der Waals surface area contributed by atoms with Crippen LogP contribution in [0.2, 0.25) is 0 Å². The molecule has 3 aromatic rings. The molecule has 0 aliphatic heterocycles. The van der Waals surface area contributed by atoms with E-state index in [0.717, 1.165) is 31.4 Å². The number of carbonyl (C=O) groups is 2. The Morgan fingerprint density at radius 3 is 2.25 bits per heavy atom. The highest BCUT2D eigenvalue weighted by molar-refractivity contribution is 5.91. The van der Waals surface area contributed by atoms with Crippen molar-refractivity contribution < 1.29 is 32.2 Å². The standard InChI is InChI=1S/C25H25F3N4O4/c1-32(12-2-3-14-33)13-15-35-22-16-21(23(29)34)30-24(31-22)17-4-8-19(9-5-17)36-20-10-6-18(7-11-20)25(26,27)28/h4-11,14,16H,2-3,12-13,15H2,1H3,(H2,29,34). The molecule has 2 N–H and O–H groups in total. The van der Waals surface area contributed by atoms with E-state index in [2.05, 4.69) is 9.97 Å². The van der Waals surface area contributed by atoms with Gasteiger partial charge in [0.2, 0.25) is 5.88 Å². The van der Waals surface area contributed by atoms with Crippen LogP contribution in [0.5, 0.6) is 17.4 Å². The van der Waals surface area contributed by atoms with E-state index in [9.17, 15) is 22.8 Å². The van der Waals surface area contributed by atoms with Gasteiger partial charge in [-0.3, -0.25) is 4.79 Å². The maximum absolute atomic E-state index is 12.7. The summed E-state index contributed by atoms with van der Waals surface area (Å²) in [6.07, 6.45) is -2.29. The number of amides is 1. The van der Waals surface area contributed by atoms with Crippen LogP contribution in [0, 0.1) is 0 Å². The number of rotatable bonds is 12. The van der Waals surface area contributed by atoms with Gasteiger partial charge in [-0.1, -0.05) is 0 Å². The van der Waals surface area contributed by atoms with Crippen LogP contribution >= 0.6 is 0 Å². The van der Waals surface area contributed by atoms with Crippen molar-refractivity contribution in [3.63, 3.8) is 0 Å². The third-order valence-electron chi connectivity index (χ3n) is 5.07. The summed E-state index contributed by atoms with van der Waals surface area (Å²) >= 11 is 0. The average molecular weight is 502 g/mol. The van der Waals surface area contributed by atoms with Crippen molar-refractivity contribution in [2.75, 3.05) is 26.7 Å². The van der Waals surface area contributed by atoms with Gasteiger partial charge in [0.25, 0.3) is 5.91 Å². The molecule has 11 heteroatoms. The van der Waals surface area contributed by atoms with Gasteiger partial charge < -0.3 is 24.9 Å². The van der Waals surface area contributed by atoms with E-state index in [1.54, 1.807) is 24.3 Å². The number of likely N-dealkylation sites (N-methyl/N-ethyl adjacent to an activating group) is 1. The number of halogens is 3. The fraction of sp³-hybridized carbons (Fsp3) is 0.280. The molecule has 0 saturated carbocycles. The molecule has 190 valence electrons. The van der Waals surface area contributed by atoms with E-state index in [1.807, 2.05) is 11.9 Å². The van der Waals surface area contributed by atoms with Crippen molar-refractivity contribution in [1.82, 2.24) is 14.9 Å². The smallest absolute Gasteiger partial charge is 0.416 e. The molecular weight excluding hydrogens is 477 g/mol. The van der Waals surface area contributed by atoms with E-state index in [1.165, 1.54) is 18.2 Å². The molecule has 8 nitrogen and oxygen atoms in total. The number of aldehydes is 1. The lowest BCUT2D eigenvalue weighted by molar-refractivity contribution is -0.137.